The summed E-state index contributed by atoms with van der Waals surface area (Å²) in [6.07, 6.45) is 2.98. The fourth-order valence-electron chi connectivity index (χ4n) is 2.23. The molecule has 0 aromatic heterocycles. The monoisotopic (exact) mass is 269 g/mol. The lowest BCUT2D eigenvalue weighted by Crippen LogP contribution is -2.35. The van der Waals surface area contributed by atoms with E-state index in [1.54, 1.807) is 16.4 Å². The number of methoxy groups -OCH3 is 1. The lowest BCUT2D eigenvalue weighted by molar-refractivity contribution is 0.342. The Morgan fingerprint density at radius 1 is 1.17 bits per heavy atom. The van der Waals surface area contributed by atoms with Crippen LogP contribution in [0, 0.1) is 6.92 Å². The third-order valence-corrected chi connectivity index (χ3v) is 5.17. The zero-order valence-electron chi connectivity index (χ0n) is 10.8. The van der Waals surface area contributed by atoms with Gasteiger partial charge in [0.2, 0.25) is 10.0 Å². The smallest absolute Gasteiger partial charge is 0.246 e. The van der Waals surface area contributed by atoms with Crippen LogP contribution in [0.2, 0.25) is 0 Å². The minimum Gasteiger partial charge on any atom is -0.495 e. The van der Waals surface area contributed by atoms with E-state index in [1.807, 2.05) is 13.0 Å². The number of piperidine rings is 1. The summed E-state index contributed by atoms with van der Waals surface area (Å²) in [4.78, 5) is 0.284. The zero-order chi connectivity index (χ0) is 13.2. The summed E-state index contributed by atoms with van der Waals surface area (Å²) in [7, 11) is -1.92. The van der Waals surface area contributed by atoms with Crippen molar-refractivity contribution in [3.63, 3.8) is 0 Å². The molecule has 0 atom stereocenters. The molecule has 0 saturated carbocycles. The van der Waals surface area contributed by atoms with E-state index in [-0.39, 0.29) is 4.90 Å². The first-order chi connectivity index (χ1) is 8.55. The number of rotatable bonds is 3. The van der Waals surface area contributed by atoms with Gasteiger partial charge in [0.15, 0.2) is 0 Å². The van der Waals surface area contributed by atoms with Crippen molar-refractivity contribution in [2.75, 3.05) is 20.2 Å². The van der Waals surface area contributed by atoms with E-state index in [9.17, 15) is 8.42 Å². The second kappa shape index (κ2) is 5.28. The Morgan fingerprint density at radius 3 is 2.44 bits per heavy atom. The summed E-state index contributed by atoms with van der Waals surface area (Å²) in [6.45, 7) is 3.10. The molecule has 100 valence electrons. The summed E-state index contributed by atoms with van der Waals surface area (Å²) >= 11 is 0. The van der Waals surface area contributed by atoms with Crippen LogP contribution in [-0.2, 0) is 10.0 Å². The summed E-state index contributed by atoms with van der Waals surface area (Å²) in [5, 5.41) is 0. The lowest BCUT2D eigenvalue weighted by Gasteiger charge is -2.26. The van der Waals surface area contributed by atoms with Gasteiger partial charge in [-0.25, -0.2) is 8.42 Å². The molecule has 0 spiro atoms. The van der Waals surface area contributed by atoms with Crippen molar-refractivity contribution < 1.29 is 13.2 Å². The van der Waals surface area contributed by atoms with Crippen molar-refractivity contribution in [3.8, 4) is 5.75 Å². The van der Waals surface area contributed by atoms with Gasteiger partial charge in [0, 0.05) is 13.1 Å². The molecule has 5 heteroatoms. The van der Waals surface area contributed by atoms with Gasteiger partial charge < -0.3 is 4.74 Å². The molecule has 0 radical (unpaired) electrons. The first kappa shape index (κ1) is 13.4. The molecule has 0 N–H and O–H groups in total. The van der Waals surface area contributed by atoms with Crippen LogP contribution < -0.4 is 4.74 Å². The summed E-state index contributed by atoms with van der Waals surface area (Å²) in [5.41, 5.74) is 0.923. The lowest BCUT2D eigenvalue weighted by atomic mass is 10.2. The minimum atomic E-state index is -3.42. The average Bonchev–Trinajstić information content (AvgIpc) is 2.39. The van der Waals surface area contributed by atoms with Gasteiger partial charge in [-0.3, -0.25) is 0 Å². The highest BCUT2D eigenvalue weighted by molar-refractivity contribution is 7.89. The Kier molecular flexibility index (Phi) is 3.92. The van der Waals surface area contributed by atoms with Crippen molar-refractivity contribution in [1.82, 2.24) is 4.31 Å². The third-order valence-electron chi connectivity index (χ3n) is 3.25. The van der Waals surface area contributed by atoms with Crippen LogP contribution in [0.3, 0.4) is 0 Å². The van der Waals surface area contributed by atoms with Gasteiger partial charge in [-0.15, -0.1) is 0 Å². The van der Waals surface area contributed by atoms with Gasteiger partial charge in [-0.2, -0.15) is 4.31 Å². The summed E-state index contributed by atoms with van der Waals surface area (Å²) < 4.78 is 31.9. The SMILES string of the molecule is COc1ccc(C)cc1S(=O)(=O)N1CCCCC1. The van der Waals surface area contributed by atoms with Gasteiger partial charge in [0.25, 0.3) is 0 Å². The van der Waals surface area contributed by atoms with E-state index < -0.39 is 10.0 Å². The fraction of sp³-hybridized carbons (Fsp3) is 0.538. The van der Waals surface area contributed by atoms with Crippen LogP contribution >= 0.6 is 0 Å². The molecule has 0 aliphatic carbocycles. The summed E-state index contributed by atoms with van der Waals surface area (Å²) in [5.74, 6) is 0.422. The Bertz CT molecular complexity index is 519. The predicted molar refractivity (Wildman–Crippen MR) is 70.3 cm³/mol. The van der Waals surface area contributed by atoms with E-state index in [1.165, 1.54) is 7.11 Å². The Balaban J connectivity index is 2.42. The molecule has 0 unspecified atom stereocenters. The number of aryl methyl sites for hydroxylation is 1. The van der Waals surface area contributed by atoms with Gasteiger partial charge in [-0.05, 0) is 37.5 Å². The van der Waals surface area contributed by atoms with Crippen LogP contribution in [0.5, 0.6) is 5.75 Å². The molecule has 4 nitrogen and oxygen atoms in total. The second-order valence-electron chi connectivity index (χ2n) is 4.62. The molecule has 1 saturated heterocycles. The number of sulfonamides is 1. The molecule has 18 heavy (non-hydrogen) atoms. The highest BCUT2D eigenvalue weighted by Crippen LogP contribution is 2.29. The Hall–Kier alpha value is -1.07. The Labute approximate surface area is 109 Å². The van der Waals surface area contributed by atoms with Crippen LogP contribution in [0.15, 0.2) is 23.1 Å². The van der Waals surface area contributed by atoms with E-state index in [0.29, 0.717) is 18.8 Å². The molecule has 1 heterocycles. The fourth-order valence-corrected chi connectivity index (χ4v) is 3.99. The number of nitrogens with zero attached hydrogens (tertiary/aromatic N) is 1. The Morgan fingerprint density at radius 2 is 1.83 bits per heavy atom. The second-order valence-corrected chi connectivity index (χ2v) is 6.53. The van der Waals surface area contributed by atoms with Crippen LogP contribution in [-0.4, -0.2) is 32.9 Å². The molecule has 1 fully saturated rings. The zero-order valence-corrected chi connectivity index (χ0v) is 11.7. The predicted octanol–water partition coefficient (Wildman–Crippen LogP) is 2.18. The van der Waals surface area contributed by atoms with Crippen molar-refractivity contribution >= 4 is 10.0 Å². The quantitative estimate of drug-likeness (QED) is 0.845. The minimum absolute atomic E-state index is 0.284. The highest BCUT2D eigenvalue weighted by Gasteiger charge is 2.28. The molecule has 1 aliphatic rings. The van der Waals surface area contributed by atoms with E-state index >= 15 is 0 Å². The van der Waals surface area contributed by atoms with Crippen LogP contribution in [0.1, 0.15) is 24.8 Å². The molecule has 0 bridgehead atoms. The molecule has 2 rings (SSSR count). The van der Waals surface area contributed by atoms with E-state index in [4.69, 9.17) is 4.74 Å². The van der Waals surface area contributed by atoms with Gasteiger partial charge in [0.05, 0.1) is 7.11 Å². The largest absolute Gasteiger partial charge is 0.495 e. The van der Waals surface area contributed by atoms with E-state index in [2.05, 4.69) is 0 Å². The van der Waals surface area contributed by atoms with Gasteiger partial charge in [0.1, 0.15) is 10.6 Å². The number of hydrogen-bond acceptors (Lipinski definition) is 3. The van der Waals surface area contributed by atoms with Gasteiger partial charge >= 0.3 is 0 Å². The molecule has 1 aliphatic heterocycles. The first-order valence-corrected chi connectivity index (χ1v) is 7.64. The number of hydrogen-bond donors (Lipinski definition) is 0. The molecule has 1 aromatic rings. The van der Waals surface area contributed by atoms with Crippen LogP contribution in [0.4, 0.5) is 0 Å². The highest BCUT2D eigenvalue weighted by atomic mass is 32.2. The van der Waals surface area contributed by atoms with Crippen LogP contribution in [0.25, 0.3) is 0 Å². The average molecular weight is 269 g/mol. The molecule has 1 aromatic carbocycles. The van der Waals surface area contributed by atoms with Crippen molar-refractivity contribution in [2.24, 2.45) is 0 Å². The summed E-state index contributed by atoms with van der Waals surface area (Å²) in [6, 6.07) is 5.25. The normalized spacial score (nSPS) is 17.7. The van der Waals surface area contributed by atoms with Gasteiger partial charge in [-0.1, -0.05) is 12.5 Å². The third kappa shape index (κ3) is 2.52. The number of benzene rings is 1. The van der Waals surface area contributed by atoms with Crippen molar-refractivity contribution in [2.45, 2.75) is 31.1 Å². The van der Waals surface area contributed by atoms with E-state index in [0.717, 1.165) is 24.8 Å². The molecular formula is C13H19NO3S. The van der Waals surface area contributed by atoms with Crippen molar-refractivity contribution in [1.29, 1.82) is 0 Å². The molecular weight excluding hydrogens is 250 g/mol. The topological polar surface area (TPSA) is 46.6 Å². The number of ether oxygens (including phenoxy) is 1. The van der Waals surface area contributed by atoms with Crippen molar-refractivity contribution in [3.05, 3.63) is 23.8 Å². The first-order valence-electron chi connectivity index (χ1n) is 6.20. The maximum atomic E-state index is 12.6. The maximum absolute atomic E-state index is 12.6. The maximum Gasteiger partial charge on any atom is 0.246 e. The standard InChI is InChI=1S/C13H19NO3S/c1-11-6-7-12(17-2)13(10-11)18(15,16)14-8-4-3-5-9-14/h6-7,10H,3-5,8-9H2,1-2H3. The molecule has 0 amide bonds.